The fourth-order valence-corrected chi connectivity index (χ4v) is 4.77. The number of para-hydroxylation sites is 1. The average molecular weight is 378 g/mol. The SMILES string of the molecule is Cc1nn(-c2ccccc2)c(C)c1CC(=O)NC1CCSc2ccccc21. The zero-order chi connectivity index (χ0) is 18.8. The van der Waals surface area contributed by atoms with Crippen LogP contribution in [0.25, 0.3) is 5.69 Å². The lowest BCUT2D eigenvalue weighted by molar-refractivity contribution is -0.121. The van der Waals surface area contributed by atoms with Crippen molar-refractivity contribution in [2.24, 2.45) is 0 Å². The predicted octanol–water partition coefficient (Wildman–Crippen LogP) is 4.38. The molecule has 5 heteroatoms. The number of aryl methyl sites for hydroxylation is 1. The van der Waals surface area contributed by atoms with Crippen LogP contribution >= 0.6 is 11.8 Å². The molecule has 1 N–H and O–H groups in total. The molecule has 0 saturated heterocycles. The van der Waals surface area contributed by atoms with Crippen LogP contribution in [-0.2, 0) is 11.2 Å². The van der Waals surface area contributed by atoms with Crippen LogP contribution in [0.1, 0.15) is 35.0 Å². The molecule has 0 bridgehead atoms. The van der Waals surface area contributed by atoms with Gasteiger partial charge in [-0.3, -0.25) is 4.79 Å². The summed E-state index contributed by atoms with van der Waals surface area (Å²) in [5.74, 6) is 1.09. The lowest BCUT2D eigenvalue weighted by atomic mass is 10.0. The fourth-order valence-electron chi connectivity index (χ4n) is 3.65. The van der Waals surface area contributed by atoms with E-state index in [-0.39, 0.29) is 11.9 Å². The van der Waals surface area contributed by atoms with Crippen LogP contribution in [0.5, 0.6) is 0 Å². The van der Waals surface area contributed by atoms with Gasteiger partial charge in [-0.2, -0.15) is 5.10 Å². The van der Waals surface area contributed by atoms with Crippen molar-refractivity contribution in [1.82, 2.24) is 15.1 Å². The van der Waals surface area contributed by atoms with E-state index in [4.69, 9.17) is 0 Å². The summed E-state index contributed by atoms with van der Waals surface area (Å²) in [4.78, 5) is 14.1. The number of rotatable bonds is 4. The molecule has 1 aliphatic rings. The quantitative estimate of drug-likeness (QED) is 0.734. The average Bonchev–Trinajstić information content (AvgIpc) is 2.97. The Hall–Kier alpha value is -2.53. The van der Waals surface area contributed by atoms with Crippen LogP contribution in [0.3, 0.4) is 0 Å². The molecule has 1 unspecified atom stereocenters. The number of hydrogen-bond acceptors (Lipinski definition) is 3. The van der Waals surface area contributed by atoms with Gasteiger partial charge in [-0.15, -0.1) is 11.8 Å². The molecule has 3 aromatic rings. The third-order valence-corrected chi connectivity index (χ3v) is 6.20. The van der Waals surface area contributed by atoms with E-state index in [1.54, 1.807) is 0 Å². The predicted molar refractivity (Wildman–Crippen MR) is 109 cm³/mol. The molecule has 4 rings (SSSR count). The highest BCUT2D eigenvalue weighted by Gasteiger charge is 2.23. The first-order valence-electron chi connectivity index (χ1n) is 9.25. The summed E-state index contributed by atoms with van der Waals surface area (Å²) in [6.07, 6.45) is 1.32. The monoisotopic (exact) mass is 377 g/mol. The van der Waals surface area contributed by atoms with E-state index in [0.29, 0.717) is 6.42 Å². The summed E-state index contributed by atoms with van der Waals surface area (Å²) in [6, 6.07) is 18.5. The Kier molecular flexibility index (Phi) is 5.03. The second-order valence-electron chi connectivity index (χ2n) is 6.87. The van der Waals surface area contributed by atoms with E-state index in [1.165, 1.54) is 10.5 Å². The van der Waals surface area contributed by atoms with Gasteiger partial charge in [-0.25, -0.2) is 4.68 Å². The maximum absolute atomic E-state index is 12.8. The molecule has 138 valence electrons. The molecule has 0 aliphatic carbocycles. The first-order valence-corrected chi connectivity index (χ1v) is 10.2. The molecule has 27 heavy (non-hydrogen) atoms. The number of hydrogen-bond donors (Lipinski definition) is 1. The summed E-state index contributed by atoms with van der Waals surface area (Å²) in [5, 5.41) is 7.89. The number of carbonyl (C=O) groups is 1. The lowest BCUT2D eigenvalue weighted by Crippen LogP contribution is -2.32. The van der Waals surface area contributed by atoms with Crippen LogP contribution in [0, 0.1) is 13.8 Å². The van der Waals surface area contributed by atoms with Crippen LogP contribution in [0.4, 0.5) is 0 Å². The second kappa shape index (κ2) is 7.61. The summed E-state index contributed by atoms with van der Waals surface area (Å²) in [7, 11) is 0. The topological polar surface area (TPSA) is 46.9 Å². The van der Waals surface area contributed by atoms with Gasteiger partial charge < -0.3 is 5.32 Å². The highest BCUT2D eigenvalue weighted by Crippen LogP contribution is 2.35. The second-order valence-corrected chi connectivity index (χ2v) is 8.01. The largest absolute Gasteiger partial charge is 0.349 e. The Bertz CT molecular complexity index is 965. The maximum Gasteiger partial charge on any atom is 0.225 e. The van der Waals surface area contributed by atoms with Crippen LogP contribution < -0.4 is 5.32 Å². The van der Waals surface area contributed by atoms with Crippen molar-refractivity contribution in [3.05, 3.63) is 77.1 Å². The smallest absolute Gasteiger partial charge is 0.225 e. The van der Waals surface area contributed by atoms with Crippen molar-refractivity contribution >= 4 is 17.7 Å². The van der Waals surface area contributed by atoms with Gasteiger partial charge in [0.15, 0.2) is 0 Å². The zero-order valence-corrected chi connectivity index (χ0v) is 16.4. The van der Waals surface area contributed by atoms with Crippen LogP contribution in [0.2, 0.25) is 0 Å². The van der Waals surface area contributed by atoms with Gasteiger partial charge in [0.1, 0.15) is 0 Å². The van der Waals surface area contributed by atoms with Crippen LogP contribution in [0.15, 0.2) is 59.5 Å². The van der Waals surface area contributed by atoms with Gasteiger partial charge >= 0.3 is 0 Å². The molecule has 0 fully saturated rings. The Morgan fingerprint density at radius 1 is 1.15 bits per heavy atom. The molecule has 1 amide bonds. The molecule has 1 atom stereocenters. The molecule has 1 aromatic heterocycles. The standard InChI is InChI=1S/C22H23N3OS/c1-15-19(16(2)25(24-15)17-8-4-3-5-9-17)14-22(26)23-20-12-13-27-21-11-7-6-10-18(20)21/h3-11,20H,12-14H2,1-2H3,(H,23,26). The first kappa shape index (κ1) is 17.9. The molecule has 2 aromatic carbocycles. The van der Waals surface area contributed by atoms with Crippen molar-refractivity contribution < 1.29 is 4.79 Å². The van der Waals surface area contributed by atoms with Gasteiger partial charge in [0.25, 0.3) is 0 Å². The number of nitrogens with one attached hydrogen (secondary N) is 1. The first-order chi connectivity index (χ1) is 13.1. The van der Waals surface area contributed by atoms with E-state index >= 15 is 0 Å². The van der Waals surface area contributed by atoms with Crippen LogP contribution in [-0.4, -0.2) is 21.4 Å². The van der Waals surface area contributed by atoms with Gasteiger partial charge in [-0.05, 0) is 44.0 Å². The fraction of sp³-hybridized carbons (Fsp3) is 0.273. The van der Waals surface area contributed by atoms with E-state index in [2.05, 4.69) is 28.6 Å². The van der Waals surface area contributed by atoms with Crippen molar-refractivity contribution in [2.75, 3.05) is 5.75 Å². The van der Waals surface area contributed by atoms with Gasteiger partial charge in [-0.1, -0.05) is 36.4 Å². The Labute approximate surface area is 164 Å². The number of fused-ring (bicyclic) bond motifs is 1. The van der Waals surface area contributed by atoms with E-state index < -0.39 is 0 Å². The number of thioether (sulfide) groups is 1. The molecule has 4 nitrogen and oxygen atoms in total. The molecule has 0 saturated carbocycles. The van der Waals surface area contributed by atoms with Crippen molar-refractivity contribution in [2.45, 2.75) is 37.6 Å². The summed E-state index contributed by atoms with van der Waals surface area (Å²) < 4.78 is 1.92. The maximum atomic E-state index is 12.8. The minimum atomic E-state index is 0.0560. The number of aromatic nitrogens is 2. The molecule has 0 radical (unpaired) electrons. The molecular formula is C22H23N3OS. The third-order valence-electron chi connectivity index (χ3n) is 5.07. The normalized spacial score (nSPS) is 16.0. The molecule has 0 spiro atoms. The lowest BCUT2D eigenvalue weighted by Gasteiger charge is -2.26. The van der Waals surface area contributed by atoms with Crippen molar-refractivity contribution in [3.8, 4) is 5.69 Å². The Morgan fingerprint density at radius 2 is 1.89 bits per heavy atom. The molecule has 2 heterocycles. The molecule has 1 aliphatic heterocycles. The van der Waals surface area contributed by atoms with E-state index in [0.717, 1.165) is 34.8 Å². The minimum absolute atomic E-state index is 0.0560. The van der Waals surface area contributed by atoms with E-state index in [1.807, 2.05) is 66.7 Å². The summed E-state index contributed by atoms with van der Waals surface area (Å²) >= 11 is 1.86. The number of benzene rings is 2. The minimum Gasteiger partial charge on any atom is -0.349 e. The number of nitrogens with zero attached hydrogens (tertiary/aromatic N) is 2. The van der Waals surface area contributed by atoms with Gasteiger partial charge in [0.05, 0.1) is 23.8 Å². The highest BCUT2D eigenvalue weighted by atomic mass is 32.2. The van der Waals surface area contributed by atoms with Crippen molar-refractivity contribution in [1.29, 1.82) is 0 Å². The van der Waals surface area contributed by atoms with Crippen molar-refractivity contribution in [3.63, 3.8) is 0 Å². The summed E-state index contributed by atoms with van der Waals surface area (Å²) in [6.45, 7) is 4.00. The number of amides is 1. The Balaban J connectivity index is 1.52. The van der Waals surface area contributed by atoms with E-state index in [9.17, 15) is 4.79 Å². The third kappa shape index (κ3) is 3.65. The Morgan fingerprint density at radius 3 is 2.70 bits per heavy atom. The van der Waals surface area contributed by atoms with Gasteiger partial charge in [0, 0.05) is 21.9 Å². The summed E-state index contributed by atoms with van der Waals surface area (Å²) in [5.41, 5.74) is 5.19. The zero-order valence-electron chi connectivity index (χ0n) is 15.6. The molecular weight excluding hydrogens is 354 g/mol. The van der Waals surface area contributed by atoms with Gasteiger partial charge in [0.2, 0.25) is 5.91 Å². The highest BCUT2D eigenvalue weighted by molar-refractivity contribution is 7.99. The number of carbonyl (C=O) groups excluding carboxylic acids is 1.